The molecule has 1 aliphatic rings. The highest BCUT2D eigenvalue weighted by Crippen LogP contribution is 2.32. The topological polar surface area (TPSA) is 89.8 Å². The maximum atomic E-state index is 12.6. The second-order valence-corrected chi connectivity index (χ2v) is 6.45. The molecule has 0 aliphatic carbocycles. The Morgan fingerprint density at radius 1 is 1.19 bits per heavy atom. The lowest BCUT2D eigenvalue weighted by atomic mass is 9.99. The fourth-order valence-electron chi connectivity index (χ4n) is 2.94. The average molecular weight is 347 g/mol. The summed E-state index contributed by atoms with van der Waals surface area (Å²) in [6, 6.07) is 13.0. The van der Waals surface area contributed by atoms with Crippen LogP contribution in [0.3, 0.4) is 0 Å². The summed E-state index contributed by atoms with van der Waals surface area (Å²) in [5.74, 6) is 0.0445. The fraction of sp³-hybridized carbons (Fsp3) is 0.211. The number of hydrogen-bond donors (Lipinski definition) is 1. The summed E-state index contributed by atoms with van der Waals surface area (Å²) in [7, 11) is 0. The molecule has 0 bridgehead atoms. The fourth-order valence-corrected chi connectivity index (χ4v) is 2.94. The summed E-state index contributed by atoms with van der Waals surface area (Å²) in [5, 5.41) is 15.1. The van der Waals surface area contributed by atoms with E-state index in [1.54, 1.807) is 18.2 Å². The van der Waals surface area contributed by atoms with Crippen molar-refractivity contribution in [3.63, 3.8) is 0 Å². The number of benzene rings is 2. The van der Waals surface area contributed by atoms with Gasteiger partial charge in [-0.3, -0.25) is 9.59 Å². The summed E-state index contributed by atoms with van der Waals surface area (Å²) in [5.41, 5.74) is 4.13. The van der Waals surface area contributed by atoms with Crippen molar-refractivity contribution in [2.75, 3.05) is 5.32 Å². The molecule has 0 spiro atoms. The van der Waals surface area contributed by atoms with Gasteiger partial charge in [0.1, 0.15) is 6.54 Å². The zero-order valence-electron chi connectivity index (χ0n) is 14.4. The SMILES string of the molecule is Cc1ccc(-c2nnn(CC(=O)c3ccc4c(c3)[C@H](C)C(=O)N4)n2)cc1. The molecule has 7 nitrogen and oxygen atoms in total. The normalized spacial score (nSPS) is 15.6. The van der Waals surface area contributed by atoms with Crippen molar-refractivity contribution < 1.29 is 9.59 Å². The van der Waals surface area contributed by atoms with Gasteiger partial charge in [0.05, 0.1) is 5.92 Å². The number of aryl methyl sites for hydroxylation is 1. The molecule has 2 heterocycles. The molecule has 1 aliphatic heterocycles. The minimum atomic E-state index is -0.254. The molecule has 7 heteroatoms. The van der Waals surface area contributed by atoms with Gasteiger partial charge in [-0.25, -0.2) is 0 Å². The third-order valence-corrected chi connectivity index (χ3v) is 4.54. The lowest BCUT2D eigenvalue weighted by Crippen LogP contribution is -2.13. The number of carbonyl (C=O) groups is 2. The quantitative estimate of drug-likeness (QED) is 0.733. The number of amides is 1. The Morgan fingerprint density at radius 3 is 2.73 bits per heavy atom. The standard InChI is InChI=1S/C19H17N5O2/c1-11-3-5-13(6-4-11)18-21-23-24(22-18)10-17(25)14-7-8-16-15(9-14)12(2)19(26)20-16/h3-9,12H,10H2,1-2H3,(H,20,26)/t12-/m0/s1. The zero-order chi connectivity index (χ0) is 18.3. The maximum Gasteiger partial charge on any atom is 0.231 e. The van der Waals surface area contributed by atoms with Crippen LogP contribution in [0.25, 0.3) is 11.4 Å². The smallest absolute Gasteiger partial charge is 0.231 e. The van der Waals surface area contributed by atoms with E-state index in [2.05, 4.69) is 20.7 Å². The molecule has 1 atom stereocenters. The predicted octanol–water partition coefficient (Wildman–Crippen LogP) is 2.59. The van der Waals surface area contributed by atoms with Crippen molar-refractivity contribution >= 4 is 17.4 Å². The van der Waals surface area contributed by atoms with Crippen LogP contribution in [0.4, 0.5) is 5.69 Å². The number of fused-ring (bicyclic) bond motifs is 1. The van der Waals surface area contributed by atoms with E-state index >= 15 is 0 Å². The molecule has 0 radical (unpaired) electrons. The van der Waals surface area contributed by atoms with Crippen molar-refractivity contribution in [1.29, 1.82) is 0 Å². The van der Waals surface area contributed by atoms with Gasteiger partial charge in [0.25, 0.3) is 0 Å². The Bertz CT molecular complexity index is 1010. The number of carbonyl (C=O) groups excluding carboxylic acids is 2. The van der Waals surface area contributed by atoms with E-state index < -0.39 is 0 Å². The van der Waals surface area contributed by atoms with Crippen LogP contribution in [-0.4, -0.2) is 31.9 Å². The van der Waals surface area contributed by atoms with Crippen LogP contribution < -0.4 is 5.32 Å². The van der Waals surface area contributed by atoms with E-state index in [9.17, 15) is 9.59 Å². The number of nitrogens with one attached hydrogen (secondary N) is 1. The van der Waals surface area contributed by atoms with Gasteiger partial charge in [-0.1, -0.05) is 29.8 Å². The molecule has 4 rings (SSSR count). The Labute approximate surface area is 150 Å². The van der Waals surface area contributed by atoms with E-state index in [4.69, 9.17) is 0 Å². The molecule has 1 N–H and O–H groups in total. The number of ketones is 1. The van der Waals surface area contributed by atoms with E-state index in [-0.39, 0.29) is 24.2 Å². The van der Waals surface area contributed by atoms with Gasteiger partial charge in [0.15, 0.2) is 5.78 Å². The summed E-state index contributed by atoms with van der Waals surface area (Å²) in [6.45, 7) is 3.82. The van der Waals surface area contributed by atoms with Gasteiger partial charge >= 0.3 is 0 Å². The number of tetrazole rings is 1. The molecule has 130 valence electrons. The second kappa shape index (κ2) is 6.18. The molecule has 2 aromatic carbocycles. The summed E-state index contributed by atoms with van der Waals surface area (Å²) >= 11 is 0. The zero-order valence-corrected chi connectivity index (χ0v) is 14.4. The number of nitrogens with zero attached hydrogens (tertiary/aromatic N) is 4. The van der Waals surface area contributed by atoms with Crippen molar-refractivity contribution in [3.05, 3.63) is 59.2 Å². The molecule has 0 unspecified atom stereocenters. The van der Waals surface area contributed by atoms with Crippen LogP contribution >= 0.6 is 0 Å². The van der Waals surface area contributed by atoms with Gasteiger partial charge in [-0.15, -0.1) is 10.2 Å². The molecule has 0 saturated carbocycles. The Morgan fingerprint density at radius 2 is 1.96 bits per heavy atom. The van der Waals surface area contributed by atoms with Crippen molar-refractivity contribution in [3.8, 4) is 11.4 Å². The van der Waals surface area contributed by atoms with E-state index in [1.165, 1.54) is 4.80 Å². The molecule has 26 heavy (non-hydrogen) atoms. The average Bonchev–Trinajstić information content (AvgIpc) is 3.20. The first-order valence-corrected chi connectivity index (χ1v) is 8.34. The summed E-state index contributed by atoms with van der Waals surface area (Å²) in [4.78, 5) is 25.6. The molecule has 1 aromatic heterocycles. The Hall–Kier alpha value is -3.35. The second-order valence-electron chi connectivity index (χ2n) is 6.45. The third-order valence-electron chi connectivity index (χ3n) is 4.54. The van der Waals surface area contributed by atoms with Crippen LogP contribution in [0, 0.1) is 6.92 Å². The maximum absolute atomic E-state index is 12.6. The number of Topliss-reactive ketones (excluding diaryl/α,β-unsaturated/α-hetero) is 1. The minimum Gasteiger partial charge on any atom is -0.325 e. The van der Waals surface area contributed by atoms with Crippen molar-refractivity contribution in [2.45, 2.75) is 26.3 Å². The first kappa shape index (κ1) is 16.1. The van der Waals surface area contributed by atoms with Crippen molar-refractivity contribution in [1.82, 2.24) is 20.2 Å². The molecule has 0 saturated heterocycles. The van der Waals surface area contributed by atoms with Gasteiger partial charge in [-0.05, 0) is 42.8 Å². The molecule has 3 aromatic rings. The van der Waals surface area contributed by atoms with Gasteiger partial charge < -0.3 is 5.32 Å². The number of rotatable bonds is 4. The molecular weight excluding hydrogens is 330 g/mol. The van der Waals surface area contributed by atoms with Crippen LogP contribution in [-0.2, 0) is 11.3 Å². The lowest BCUT2D eigenvalue weighted by Gasteiger charge is -2.05. The van der Waals surface area contributed by atoms with E-state index in [0.717, 1.165) is 22.4 Å². The van der Waals surface area contributed by atoms with Gasteiger partial charge in [0.2, 0.25) is 11.7 Å². The van der Waals surface area contributed by atoms with Crippen LogP contribution in [0.2, 0.25) is 0 Å². The third kappa shape index (κ3) is 2.88. The first-order valence-electron chi connectivity index (χ1n) is 8.34. The first-order chi connectivity index (χ1) is 12.5. The Balaban J connectivity index is 1.53. The van der Waals surface area contributed by atoms with Crippen LogP contribution in [0.1, 0.15) is 34.3 Å². The van der Waals surface area contributed by atoms with E-state index in [1.807, 2.05) is 38.1 Å². The number of aromatic nitrogens is 4. The summed E-state index contributed by atoms with van der Waals surface area (Å²) in [6.07, 6.45) is 0. The number of hydrogen-bond acceptors (Lipinski definition) is 5. The largest absolute Gasteiger partial charge is 0.325 e. The van der Waals surface area contributed by atoms with Crippen LogP contribution in [0.15, 0.2) is 42.5 Å². The number of anilines is 1. The Kier molecular flexibility index (Phi) is 3.84. The lowest BCUT2D eigenvalue weighted by molar-refractivity contribution is -0.116. The molecule has 1 amide bonds. The molecule has 0 fully saturated rings. The highest BCUT2D eigenvalue weighted by atomic mass is 16.2. The molecular formula is C19H17N5O2. The summed E-state index contributed by atoms with van der Waals surface area (Å²) < 4.78 is 0. The van der Waals surface area contributed by atoms with Crippen LogP contribution in [0.5, 0.6) is 0 Å². The predicted molar refractivity (Wildman–Crippen MR) is 95.8 cm³/mol. The van der Waals surface area contributed by atoms with E-state index in [0.29, 0.717) is 11.4 Å². The highest BCUT2D eigenvalue weighted by Gasteiger charge is 2.27. The van der Waals surface area contributed by atoms with Gasteiger partial charge in [-0.2, -0.15) is 4.80 Å². The highest BCUT2D eigenvalue weighted by molar-refractivity contribution is 6.04. The minimum absolute atomic E-state index is 0.00654. The monoisotopic (exact) mass is 347 g/mol. The van der Waals surface area contributed by atoms with Crippen molar-refractivity contribution in [2.24, 2.45) is 0 Å². The van der Waals surface area contributed by atoms with Gasteiger partial charge in [0, 0.05) is 16.8 Å².